The lowest BCUT2D eigenvalue weighted by Crippen LogP contribution is -2.09. The summed E-state index contributed by atoms with van der Waals surface area (Å²) in [5, 5.41) is 5.65. The van der Waals surface area contributed by atoms with E-state index in [1.165, 1.54) is 13.2 Å². The Morgan fingerprint density at radius 3 is 2.50 bits per heavy atom. The van der Waals surface area contributed by atoms with Crippen LogP contribution in [0.2, 0.25) is 0 Å². The molecule has 2 N–H and O–H groups in total. The van der Waals surface area contributed by atoms with E-state index in [9.17, 15) is 18.0 Å². The van der Waals surface area contributed by atoms with Crippen molar-refractivity contribution in [3.8, 4) is 17.0 Å². The number of halogens is 3. The van der Waals surface area contributed by atoms with E-state index < -0.39 is 17.6 Å². The number of alkyl halides is 3. The van der Waals surface area contributed by atoms with Gasteiger partial charge in [0.25, 0.3) is 0 Å². The topological polar surface area (TPSA) is 76.1 Å². The predicted octanol–water partition coefficient (Wildman–Crippen LogP) is 5.04. The van der Waals surface area contributed by atoms with E-state index >= 15 is 0 Å². The first-order valence-corrected chi connectivity index (χ1v) is 8.69. The van der Waals surface area contributed by atoms with Crippen molar-refractivity contribution in [2.75, 3.05) is 17.7 Å². The number of carbonyl (C=O) groups is 1. The highest BCUT2D eigenvalue weighted by molar-refractivity contribution is 6.01. The molecule has 154 valence electrons. The van der Waals surface area contributed by atoms with Crippen LogP contribution >= 0.6 is 0 Å². The second-order valence-corrected chi connectivity index (χ2v) is 6.06. The zero-order chi connectivity index (χ0) is 21.7. The minimum atomic E-state index is -4.47. The third-order valence-corrected chi connectivity index (χ3v) is 4.08. The Morgan fingerprint density at radius 2 is 1.93 bits per heavy atom. The SMILES string of the molecule is C=CC(=O)Nc1cc(-c2ccccn2)c(Nc2ccc(C(F)(F)F)cn2)cc1OC. The molecule has 0 aliphatic rings. The van der Waals surface area contributed by atoms with E-state index in [2.05, 4.69) is 27.2 Å². The molecule has 2 heterocycles. The Morgan fingerprint density at radius 1 is 1.13 bits per heavy atom. The Kier molecular flexibility index (Phi) is 6.01. The lowest BCUT2D eigenvalue weighted by atomic mass is 10.1. The highest BCUT2D eigenvalue weighted by atomic mass is 19.4. The number of methoxy groups -OCH3 is 1. The highest BCUT2D eigenvalue weighted by Gasteiger charge is 2.30. The number of benzene rings is 1. The van der Waals surface area contributed by atoms with Crippen LogP contribution in [0, 0.1) is 0 Å². The number of aromatic nitrogens is 2. The molecule has 0 bridgehead atoms. The molecular formula is C21H17F3N4O2. The summed E-state index contributed by atoms with van der Waals surface area (Å²) in [6, 6.07) is 10.7. The Balaban J connectivity index is 2.05. The average molecular weight is 414 g/mol. The van der Waals surface area contributed by atoms with Crippen LogP contribution < -0.4 is 15.4 Å². The molecule has 0 saturated heterocycles. The van der Waals surface area contributed by atoms with Gasteiger partial charge in [-0.15, -0.1) is 0 Å². The second-order valence-electron chi connectivity index (χ2n) is 6.06. The van der Waals surface area contributed by atoms with Crippen molar-refractivity contribution in [1.29, 1.82) is 0 Å². The number of pyridine rings is 2. The van der Waals surface area contributed by atoms with Crippen LogP contribution in [0.5, 0.6) is 5.75 Å². The lowest BCUT2D eigenvalue weighted by molar-refractivity contribution is -0.137. The summed E-state index contributed by atoms with van der Waals surface area (Å²) in [7, 11) is 1.43. The summed E-state index contributed by atoms with van der Waals surface area (Å²) < 4.78 is 43.7. The van der Waals surface area contributed by atoms with Crippen molar-refractivity contribution in [1.82, 2.24) is 9.97 Å². The first kappa shape index (κ1) is 20.8. The van der Waals surface area contributed by atoms with Gasteiger partial charge in [0.15, 0.2) is 0 Å². The van der Waals surface area contributed by atoms with Gasteiger partial charge in [0.2, 0.25) is 5.91 Å². The molecular weight excluding hydrogens is 397 g/mol. The fraction of sp³-hybridized carbons (Fsp3) is 0.0952. The minimum Gasteiger partial charge on any atom is -0.494 e. The summed E-state index contributed by atoms with van der Waals surface area (Å²) in [5.74, 6) is 0.106. The standard InChI is InChI=1S/C21H17F3N4O2/c1-3-20(29)28-17-10-14(15-6-4-5-9-25-15)16(11-18(17)30-2)27-19-8-7-13(12-26-19)21(22,23)24/h3-12H,1H2,2H3,(H,26,27)(H,28,29). The zero-order valence-electron chi connectivity index (χ0n) is 15.8. The number of rotatable bonds is 6. The van der Waals surface area contributed by atoms with Crippen LogP contribution in [-0.2, 0) is 11.0 Å². The maximum absolute atomic E-state index is 12.8. The molecule has 0 radical (unpaired) electrons. The van der Waals surface area contributed by atoms with E-state index in [4.69, 9.17) is 4.74 Å². The molecule has 2 aromatic heterocycles. The number of hydrogen-bond donors (Lipinski definition) is 2. The van der Waals surface area contributed by atoms with Gasteiger partial charge in [-0.25, -0.2) is 4.98 Å². The van der Waals surface area contributed by atoms with Gasteiger partial charge in [0, 0.05) is 24.0 Å². The van der Waals surface area contributed by atoms with Gasteiger partial charge in [-0.05, 0) is 36.4 Å². The number of hydrogen-bond acceptors (Lipinski definition) is 5. The Bertz CT molecular complexity index is 1050. The maximum atomic E-state index is 12.8. The van der Waals surface area contributed by atoms with Crippen LogP contribution in [0.3, 0.4) is 0 Å². The first-order valence-electron chi connectivity index (χ1n) is 8.69. The fourth-order valence-electron chi connectivity index (χ4n) is 2.64. The molecule has 0 atom stereocenters. The van der Waals surface area contributed by atoms with Gasteiger partial charge >= 0.3 is 6.18 Å². The maximum Gasteiger partial charge on any atom is 0.417 e. The number of ether oxygens (including phenoxy) is 1. The second kappa shape index (κ2) is 8.64. The molecule has 0 saturated carbocycles. The molecule has 0 spiro atoms. The molecule has 30 heavy (non-hydrogen) atoms. The zero-order valence-corrected chi connectivity index (χ0v) is 15.8. The van der Waals surface area contributed by atoms with Crippen LogP contribution in [0.1, 0.15) is 5.56 Å². The molecule has 3 aromatic rings. The number of anilines is 3. The van der Waals surface area contributed by atoms with E-state index in [1.54, 1.807) is 36.5 Å². The monoisotopic (exact) mass is 414 g/mol. The molecule has 6 nitrogen and oxygen atoms in total. The third-order valence-electron chi connectivity index (χ3n) is 4.08. The van der Waals surface area contributed by atoms with Gasteiger partial charge < -0.3 is 15.4 Å². The van der Waals surface area contributed by atoms with Crippen molar-refractivity contribution < 1.29 is 22.7 Å². The summed E-state index contributed by atoms with van der Waals surface area (Å²) in [6.45, 7) is 3.42. The van der Waals surface area contributed by atoms with Crippen molar-refractivity contribution in [2.24, 2.45) is 0 Å². The number of carbonyl (C=O) groups excluding carboxylic acids is 1. The summed E-state index contributed by atoms with van der Waals surface area (Å²) in [4.78, 5) is 19.9. The van der Waals surface area contributed by atoms with Crippen molar-refractivity contribution in [3.05, 3.63) is 73.1 Å². The van der Waals surface area contributed by atoms with Crippen LogP contribution in [0.4, 0.5) is 30.4 Å². The molecule has 1 aromatic carbocycles. The van der Waals surface area contributed by atoms with E-state index in [0.29, 0.717) is 28.4 Å². The summed E-state index contributed by atoms with van der Waals surface area (Å²) in [5.41, 5.74) is 1.17. The molecule has 0 aliphatic carbocycles. The number of amides is 1. The largest absolute Gasteiger partial charge is 0.494 e. The molecule has 0 aliphatic heterocycles. The Labute approximate surface area is 170 Å². The smallest absolute Gasteiger partial charge is 0.417 e. The molecule has 1 amide bonds. The van der Waals surface area contributed by atoms with Gasteiger partial charge in [0.1, 0.15) is 11.6 Å². The van der Waals surface area contributed by atoms with Gasteiger partial charge in [-0.2, -0.15) is 13.2 Å². The first-order chi connectivity index (χ1) is 14.3. The quantitative estimate of drug-likeness (QED) is 0.553. The highest BCUT2D eigenvalue weighted by Crippen LogP contribution is 2.38. The number of nitrogens with zero attached hydrogens (tertiary/aromatic N) is 2. The lowest BCUT2D eigenvalue weighted by Gasteiger charge is -2.17. The van der Waals surface area contributed by atoms with Crippen LogP contribution in [0.25, 0.3) is 11.3 Å². The van der Waals surface area contributed by atoms with E-state index in [-0.39, 0.29) is 5.82 Å². The van der Waals surface area contributed by atoms with Crippen LogP contribution in [-0.4, -0.2) is 23.0 Å². The van der Waals surface area contributed by atoms with Crippen molar-refractivity contribution >= 4 is 23.1 Å². The molecule has 0 unspecified atom stereocenters. The fourth-order valence-corrected chi connectivity index (χ4v) is 2.64. The van der Waals surface area contributed by atoms with E-state index in [1.807, 2.05) is 0 Å². The summed E-state index contributed by atoms with van der Waals surface area (Å²) >= 11 is 0. The minimum absolute atomic E-state index is 0.199. The van der Waals surface area contributed by atoms with Gasteiger partial charge in [-0.1, -0.05) is 12.6 Å². The summed E-state index contributed by atoms with van der Waals surface area (Å²) in [6.07, 6.45) is -1.00. The normalized spacial score (nSPS) is 10.9. The van der Waals surface area contributed by atoms with E-state index in [0.717, 1.165) is 18.3 Å². The van der Waals surface area contributed by atoms with Crippen molar-refractivity contribution in [2.45, 2.75) is 6.18 Å². The molecule has 3 rings (SSSR count). The van der Waals surface area contributed by atoms with Crippen molar-refractivity contribution in [3.63, 3.8) is 0 Å². The average Bonchev–Trinajstić information content (AvgIpc) is 2.74. The number of nitrogens with one attached hydrogen (secondary N) is 2. The van der Waals surface area contributed by atoms with Gasteiger partial charge in [-0.3, -0.25) is 9.78 Å². The molecule has 9 heteroatoms. The Hall–Kier alpha value is -3.88. The van der Waals surface area contributed by atoms with Gasteiger partial charge in [0.05, 0.1) is 29.7 Å². The third kappa shape index (κ3) is 4.75. The molecule has 0 fully saturated rings. The van der Waals surface area contributed by atoms with Crippen LogP contribution in [0.15, 0.2) is 67.5 Å². The predicted molar refractivity (Wildman–Crippen MR) is 108 cm³/mol.